The van der Waals surface area contributed by atoms with Crippen LogP contribution in [0.2, 0.25) is 0 Å². The van der Waals surface area contributed by atoms with Gasteiger partial charge in [0.1, 0.15) is 0 Å². The molecule has 1 aliphatic carbocycles. The fraction of sp³-hybridized carbons (Fsp3) is 0.294. The summed E-state index contributed by atoms with van der Waals surface area (Å²) < 4.78 is 2.34. The molecule has 5 heterocycles. The topological polar surface area (TPSA) is 11.4 Å². The lowest BCUT2D eigenvalue weighted by atomic mass is 9.90. The molecule has 0 N–H and O–H groups in total. The Morgan fingerprint density at radius 1 is 0.744 bits per heavy atom. The van der Waals surface area contributed by atoms with E-state index in [1.807, 2.05) is 23.5 Å². The van der Waals surface area contributed by atoms with E-state index in [2.05, 4.69) is 99.6 Å². The van der Waals surface area contributed by atoms with E-state index in [1.165, 1.54) is 86.3 Å². The lowest BCUT2D eigenvalue weighted by Crippen LogP contribution is -2.32. The number of nitrogens with zero attached hydrogens (tertiary/aromatic N) is 3. The number of hydrogen-bond donors (Lipinski definition) is 0. The van der Waals surface area contributed by atoms with Gasteiger partial charge in [-0.1, -0.05) is 66.0 Å². The summed E-state index contributed by atoms with van der Waals surface area (Å²) in [6, 6.07) is 18.0. The van der Waals surface area contributed by atoms with Gasteiger partial charge in [-0.2, -0.15) is 0 Å². The van der Waals surface area contributed by atoms with Crippen LogP contribution < -0.4 is 9.80 Å². The van der Waals surface area contributed by atoms with Crippen LogP contribution in [-0.2, 0) is 12.8 Å². The molecule has 8 rings (SSSR count). The van der Waals surface area contributed by atoms with E-state index in [0.29, 0.717) is 5.37 Å². The molecule has 0 saturated carbocycles. The molecular formula is C34H33N3S2. The summed E-state index contributed by atoms with van der Waals surface area (Å²) in [6.07, 6.45) is 22.5. The number of allylic oxidation sites excluding steroid dienone is 6. The smallest absolute Gasteiger partial charge is 0.0986 e. The zero-order chi connectivity index (χ0) is 25.8. The molecule has 196 valence electrons. The third-order valence-electron chi connectivity index (χ3n) is 8.68. The summed E-state index contributed by atoms with van der Waals surface area (Å²) in [7, 11) is 0. The van der Waals surface area contributed by atoms with Crippen LogP contribution in [0.1, 0.15) is 43.2 Å². The Balaban J connectivity index is 1.13. The van der Waals surface area contributed by atoms with Crippen LogP contribution in [0.25, 0.3) is 5.70 Å². The molecule has 1 atom stereocenters. The fourth-order valence-corrected chi connectivity index (χ4v) is 9.38. The Hall–Kier alpha value is -3.02. The molecule has 0 bridgehead atoms. The molecule has 1 unspecified atom stereocenters. The Bertz CT molecular complexity index is 1560. The van der Waals surface area contributed by atoms with E-state index >= 15 is 0 Å². The first-order chi connectivity index (χ1) is 19.3. The maximum absolute atomic E-state index is 2.64. The van der Waals surface area contributed by atoms with Crippen molar-refractivity contribution < 1.29 is 0 Å². The average Bonchev–Trinajstić information content (AvgIpc) is 3.72. The highest BCUT2D eigenvalue weighted by molar-refractivity contribution is 8.03. The molecule has 5 aliphatic rings. The van der Waals surface area contributed by atoms with Gasteiger partial charge in [0.15, 0.2) is 0 Å². The number of aryl methyl sites for hydroxylation is 2. The predicted octanol–water partition coefficient (Wildman–Crippen LogP) is 8.65. The normalized spacial score (nSPS) is 23.8. The van der Waals surface area contributed by atoms with Gasteiger partial charge in [-0.05, 0) is 97.6 Å². The van der Waals surface area contributed by atoms with Gasteiger partial charge in [0.2, 0.25) is 0 Å². The molecule has 2 aromatic carbocycles. The summed E-state index contributed by atoms with van der Waals surface area (Å²) in [5, 5.41) is 1.76. The van der Waals surface area contributed by atoms with E-state index < -0.39 is 0 Å². The van der Waals surface area contributed by atoms with Crippen molar-refractivity contribution >= 4 is 40.6 Å². The van der Waals surface area contributed by atoms with Crippen molar-refractivity contribution in [1.29, 1.82) is 0 Å². The Kier molecular flexibility index (Phi) is 6.03. The van der Waals surface area contributed by atoms with Crippen molar-refractivity contribution in [3.05, 3.63) is 113 Å². The maximum atomic E-state index is 2.64. The van der Waals surface area contributed by atoms with Crippen molar-refractivity contribution in [1.82, 2.24) is 4.57 Å². The zero-order valence-electron chi connectivity index (χ0n) is 22.2. The van der Waals surface area contributed by atoms with Gasteiger partial charge in [0.05, 0.1) is 27.5 Å². The summed E-state index contributed by atoms with van der Waals surface area (Å²) in [5.41, 5.74) is 10.3. The molecule has 0 saturated heterocycles. The SMILES string of the molecule is C(/C=C1\CCCC(/C=C/C2Sc3cccc4c3N2CCC4)=C1n1cccc1)=C1/Sc2cccc3c2N1CCC3. The molecular weight excluding hydrogens is 515 g/mol. The van der Waals surface area contributed by atoms with Crippen molar-refractivity contribution in [3.63, 3.8) is 0 Å². The van der Waals surface area contributed by atoms with Crippen LogP contribution in [0, 0.1) is 0 Å². The van der Waals surface area contributed by atoms with Gasteiger partial charge in [0.25, 0.3) is 0 Å². The van der Waals surface area contributed by atoms with Crippen molar-refractivity contribution in [3.8, 4) is 0 Å². The Labute approximate surface area is 240 Å². The lowest BCUT2D eigenvalue weighted by Gasteiger charge is -2.30. The maximum Gasteiger partial charge on any atom is 0.0986 e. The number of rotatable bonds is 4. The zero-order valence-corrected chi connectivity index (χ0v) is 23.8. The molecule has 1 aromatic heterocycles. The standard InChI is InChI=1S/C34H33N3S2/c1-2-21-35(20-1)32-26(16-18-30-36-22-6-12-24-10-4-14-28(38-30)33(24)36)8-3-9-27(32)17-19-31-37-23-7-13-25-11-5-15-29(39-31)34(25)37/h1-2,4-5,10-11,14-21,30H,3,6-9,12-13,22-23H2/b18-16+,27-17+,31-19-. The number of thioether (sulfide) groups is 2. The van der Waals surface area contributed by atoms with Gasteiger partial charge in [-0.25, -0.2) is 0 Å². The number of aromatic nitrogens is 1. The van der Waals surface area contributed by atoms with Crippen LogP contribution in [-0.4, -0.2) is 23.0 Å². The van der Waals surface area contributed by atoms with Crippen LogP contribution in [0.4, 0.5) is 11.4 Å². The summed E-state index contributed by atoms with van der Waals surface area (Å²) in [6.45, 7) is 2.28. The molecule has 4 aliphatic heterocycles. The van der Waals surface area contributed by atoms with E-state index in [1.54, 1.807) is 0 Å². The second-order valence-corrected chi connectivity index (χ2v) is 13.3. The van der Waals surface area contributed by atoms with Crippen molar-refractivity contribution in [2.45, 2.75) is 60.1 Å². The van der Waals surface area contributed by atoms with Crippen molar-refractivity contribution in [2.24, 2.45) is 0 Å². The molecule has 0 spiro atoms. The van der Waals surface area contributed by atoms with E-state index in [0.717, 1.165) is 25.9 Å². The molecule has 3 nitrogen and oxygen atoms in total. The number of hydrogen-bond acceptors (Lipinski definition) is 4. The molecule has 3 aromatic rings. The monoisotopic (exact) mass is 547 g/mol. The van der Waals surface area contributed by atoms with Gasteiger partial charge < -0.3 is 14.4 Å². The summed E-state index contributed by atoms with van der Waals surface area (Å²) >= 11 is 3.96. The molecule has 0 radical (unpaired) electrons. The van der Waals surface area contributed by atoms with Crippen molar-refractivity contribution in [2.75, 3.05) is 22.9 Å². The molecule has 39 heavy (non-hydrogen) atoms. The first kappa shape index (κ1) is 23.8. The van der Waals surface area contributed by atoms with Gasteiger partial charge in [0, 0.05) is 35.3 Å². The molecule has 0 amide bonds. The van der Waals surface area contributed by atoms with Gasteiger partial charge in [-0.15, -0.1) is 0 Å². The average molecular weight is 548 g/mol. The van der Waals surface area contributed by atoms with Crippen LogP contribution in [0.15, 0.2) is 111 Å². The molecule has 0 fully saturated rings. The number of benzene rings is 2. The third-order valence-corrected chi connectivity index (χ3v) is 11.0. The first-order valence-corrected chi connectivity index (χ1v) is 16.1. The minimum Gasteiger partial charge on any atom is -0.355 e. The predicted molar refractivity (Wildman–Crippen MR) is 167 cm³/mol. The van der Waals surface area contributed by atoms with E-state index in [9.17, 15) is 0 Å². The minimum absolute atomic E-state index is 0.387. The minimum atomic E-state index is 0.387. The van der Waals surface area contributed by atoms with E-state index in [4.69, 9.17) is 0 Å². The second kappa shape index (κ2) is 9.87. The van der Waals surface area contributed by atoms with Crippen LogP contribution >= 0.6 is 23.5 Å². The first-order valence-electron chi connectivity index (χ1n) is 14.4. The van der Waals surface area contributed by atoms with Gasteiger partial charge in [-0.3, -0.25) is 0 Å². The third kappa shape index (κ3) is 4.13. The fourth-order valence-electron chi connectivity index (χ4n) is 6.97. The molecule has 5 heteroatoms. The Morgan fingerprint density at radius 2 is 1.54 bits per heavy atom. The summed E-state index contributed by atoms with van der Waals surface area (Å²) in [4.78, 5) is 8.06. The highest BCUT2D eigenvalue weighted by atomic mass is 32.2. The van der Waals surface area contributed by atoms with E-state index in [-0.39, 0.29) is 0 Å². The Morgan fingerprint density at radius 3 is 2.41 bits per heavy atom. The number of anilines is 2. The van der Waals surface area contributed by atoms with Crippen LogP contribution in [0.5, 0.6) is 0 Å². The van der Waals surface area contributed by atoms with Gasteiger partial charge >= 0.3 is 0 Å². The highest BCUT2D eigenvalue weighted by Gasteiger charge is 2.33. The largest absolute Gasteiger partial charge is 0.355 e. The highest BCUT2D eigenvalue weighted by Crippen LogP contribution is 2.50. The number of para-hydroxylation sites is 2. The lowest BCUT2D eigenvalue weighted by molar-refractivity contribution is 0.709. The van der Waals surface area contributed by atoms with Crippen LogP contribution in [0.3, 0.4) is 0 Å². The quantitative estimate of drug-likeness (QED) is 0.324. The summed E-state index contributed by atoms with van der Waals surface area (Å²) in [5.74, 6) is 0. The second-order valence-electron chi connectivity index (χ2n) is 11.1.